The minimum Gasteiger partial charge on any atom is -0.480 e. The van der Waals surface area contributed by atoms with Crippen molar-refractivity contribution in [1.82, 2.24) is 4.90 Å². The first-order chi connectivity index (χ1) is 6.04. The van der Waals surface area contributed by atoms with Crippen LogP contribution in [0.4, 0.5) is 4.79 Å². The number of aliphatic carboxylic acids is 1. The maximum absolute atomic E-state index is 10.8. The molecule has 1 rings (SSSR count). The predicted molar refractivity (Wildman–Crippen MR) is 43.1 cm³/mol. The Labute approximate surface area is 75.3 Å². The molecule has 1 saturated heterocycles. The van der Waals surface area contributed by atoms with Gasteiger partial charge in [0, 0.05) is 6.54 Å². The van der Waals surface area contributed by atoms with Gasteiger partial charge in [-0.1, -0.05) is 0 Å². The fourth-order valence-electron chi connectivity index (χ4n) is 1.40. The second kappa shape index (κ2) is 3.61. The Morgan fingerprint density at radius 3 is 2.62 bits per heavy atom. The van der Waals surface area contributed by atoms with E-state index in [2.05, 4.69) is 0 Å². The maximum Gasteiger partial charge on any atom is 0.329 e. The first-order valence-corrected chi connectivity index (χ1v) is 3.94. The van der Waals surface area contributed by atoms with Crippen molar-refractivity contribution in [2.75, 3.05) is 13.2 Å². The van der Waals surface area contributed by atoms with Gasteiger partial charge < -0.3 is 20.5 Å². The molecule has 0 aliphatic carbocycles. The minimum absolute atomic E-state index is 0.233. The number of ether oxygens (including phenoxy) is 1. The zero-order chi connectivity index (χ0) is 10.0. The first kappa shape index (κ1) is 9.79. The number of rotatable bonds is 1. The number of urea groups is 1. The van der Waals surface area contributed by atoms with E-state index in [1.165, 1.54) is 0 Å². The zero-order valence-corrected chi connectivity index (χ0v) is 7.27. The molecule has 2 amide bonds. The van der Waals surface area contributed by atoms with Crippen LogP contribution in [0.25, 0.3) is 0 Å². The minimum atomic E-state index is -1.09. The Morgan fingerprint density at radius 1 is 1.62 bits per heavy atom. The highest BCUT2D eigenvalue weighted by atomic mass is 16.5. The lowest BCUT2D eigenvalue weighted by atomic mass is 10.1. The van der Waals surface area contributed by atoms with Gasteiger partial charge in [0.05, 0.1) is 12.7 Å². The van der Waals surface area contributed by atoms with Crippen LogP contribution in [0.1, 0.15) is 6.92 Å². The van der Waals surface area contributed by atoms with Crippen LogP contribution >= 0.6 is 0 Å². The maximum atomic E-state index is 10.8. The van der Waals surface area contributed by atoms with Gasteiger partial charge in [-0.15, -0.1) is 0 Å². The summed E-state index contributed by atoms with van der Waals surface area (Å²) in [4.78, 5) is 22.7. The van der Waals surface area contributed by atoms with Gasteiger partial charge in [-0.05, 0) is 6.92 Å². The van der Waals surface area contributed by atoms with Crippen LogP contribution in [0.15, 0.2) is 0 Å². The number of carbonyl (C=O) groups excluding carboxylic acids is 1. The Kier molecular flexibility index (Phi) is 2.72. The van der Waals surface area contributed by atoms with Crippen molar-refractivity contribution in [2.24, 2.45) is 5.73 Å². The Balaban J connectivity index is 2.80. The summed E-state index contributed by atoms with van der Waals surface area (Å²) in [7, 11) is 0. The number of morpholine rings is 1. The molecule has 3 N–H and O–H groups in total. The van der Waals surface area contributed by atoms with Gasteiger partial charge >= 0.3 is 12.0 Å². The monoisotopic (exact) mass is 188 g/mol. The molecule has 1 heterocycles. The predicted octanol–water partition coefficient (Wildman–Crippen LogP) is -0.761. The van der Waals surface area contributed by atoms with E-state index >= 15 is 0 Å². The molecule has 0 radical (unpaired) electrons. The molecule has 0 saturated carbocycles. The van der Waals surface area contributed by atoms with E-state index in [0.717, 1.165) is 4.90 Å². The van der Waals surface area contributed by atoms with Gasteiger partial charge in [-0.3, -0.25) is 0 Å². The normalized spacial score (nSPS) is 28.5. The summed E-state index contributed by atoms with van der Waals surface area (Å²) < 4.78 is 5.10. The fraction of sp³-hybridized carbons (Fsp3) is 0.714. The molecular weight excluding hydrogens is 176 g/mol. The van der Waals surface area contributed by atoms with E-state index in [-0.39, 0.29) is 6.54 Å². The largest absolute Gasteiger partial charge is 0.480 e. The summed E-state index contributed by atoms with van der Waals surface area (Å²) >= 11 is 0. The molecule has 1 fully saturated rings. The highest BCUT2D eigenvalue weighted by molar-refractivity contribution is 5.82. The van der Waals surface area contributed by atoms with Crippen LogP contribution in [0.5, 0.6) is 0 Å². The third kappa shape index (κ3) is 1.89. The number of primary amides is 1. The van der Waals surface area contributed by atoms with Gasteiger partial charge in [0.15, 0.2) is 6.04 Å². The third-order valence-electron chi connectivity index (χ3n) is 2.03. The van der Waals surface area contributed by atoms with Crippen LogP contribution in [0, 0.1) is 0 Å². The quantitative estimate of drug-likeness (QED) is 0.565. The van der Waals surface area contributed by atoms with Crippen molar-refractivity contribution in [2.45, 2.75) is 19.1 Å². The molecule has 0 aromatic carbocycles. The van der Waals surface area contributed by atoms with Crippen molar-refractivity contribution in [1.29, 1.82) is 0 Å². The zero-order valence-electron chi connectivity index (χ0n) is 7.27. The first-order valence-electron chi connectivity index (χ1n) is 3.94. The Hall–Kier alpha value is -1.30. The third-order valence-corrected chi connectivity index (χ3v) is 2.03. The van der Waals surface area contributed by atoms with Crippen LogP contribution in [-0.2, 0) is 9.53 Å². The van der Waals surface area contributed by atoms with E-state index in [0.29, 0.717) is 6.61 Å². The van der Waals surface area contributed by atoms with Gasteiger partial charge in [0.25, 0.3) is 0 Å². The molecular formula is C7H12N2O4. The van der Waals surface area contributed by atoms with Crippen LogP contribution in [0.3, 0.4) is 0 Å². The highest BCUT2D eigenvalue weighted by Crippen LogP contribution is 2.13. The van der Waals surface area contributed by atoms with Crippen molar-refractivity contribution >= 4 is 12.0 Å². The number of carboxylic acids is 1. The van der Waals surface area contributed by atoms with Crippen molar-refractivity contribution in [3.63, 3.8) is 0 Å². The molecule has 2 atom stereocenters. The molecule has 0 bridgehead atoms. The lowest BCUT2D eigenvalue weighted by Gasteiger charge is -2.35. The fourth-order valence-corrected chi connectivity index (χ4v) is 1.40. The molecule has 0 aromatic rings. The second-order valence-electron chi connectivity index (χ2n) is 2.89. The molecule has 1 aliphatic rings. The average Bonchev–Trinajstić information content (AvgIpc) is 2.02. The molecule has 74 valence electrons. The van der Waals surface area contributed by atoms with Gasteiger partial charge in [-0.2, -0.15) is 0 Å². The second-order valence-corrected chi connectivity index (χ2v) is 2.89. The number of amides is 2. The van der Waals surface area contributed by atoms with E-state index in [1.807, 2.05) is 0 Å². The summed E-state index contributed by atoms with van der Waals surface area (Å²) in [5.41, 5.74) is 5.03. The van der Waals surface area contributed by atoms with Crippen molar-refractivity contribution in [3.05, 3.63) is 0 Å². The number of carbonyl (C=O) groups is 2. The summed E-state index contributed by atoms with van der Waals surface area (Å²) in [6.07, 6.45) is -0.515. The van der Waals surface area contributed by atoms with Crippen LogP contribution < -0.4 is 5.73 Å². The van der Waals surface area contributed by atoms with Crippen molar-refractivity contribution < 1.29 is 19.4 Å². The number of nitrogens with two attached hydrogens (primary N) is 1. The molecule has 13 heavy (non-hydrogen) atoms. The number of carboxylic acid groups (broad SMARTS) is 1. The van der Waals surface area contributed by atoms with E-state index in [9.17, 15) is 9.59 Å². The molecule has 1 aliphatic heterocycles. The lowest BCUT2D eigenvalue weighted by molar-refractivity contribution is -0.152. The summed E-state index contributed by atoms with van der Waals surface area (Å²) in [5, 5.41) is 8.80. The molecule has 0 aromatic heterocycles. The summed E-state index contributed by atoms with van der Waals surface area (Å²) in [6.45, 7) is 2.17. The van der Waals surface area contributed by atoms with Crippen LogP contribution in [0.2, 0.25) is 0 Å². The lowest BCUT2D eigenvalue weighted by Crippen LogP contribution is -2.57. The van der Waals surface area contributed by atoms with E-state index in [1.54, 1.807) is 6.92 Å². The number of hydrogen-bond acceptors (Lipinski definition) is 3. The van der Waals surface area contributed by atoms with Gasteiger partial charge in [-0.25, -0.2) is 9.59 Å². The van der Waals surface area contributed by atoms with E-state index in [4.69, 9.17) is 15.6 Å². The molecule has 2 unspecified atom stereocenters. The molecule has 6 nitrogen and oxygen atoms in total. The number of nitrogens with zero attached hydrogens (tertiary/aromatic N) is 1. The molecule has 0 spiro atoms. The smallest absolute Gasteiger partial charge is 0.329 e. The Morgan fingerprint density at radius 2 is 2.23 bits per heavy atom. The van der Waals surface area contributed by atoms with Crippen LogP contribution in [-0.4, -0.2) is 47.3 Å². The average molecular weight is 188 g/mol. The van der Waals surface area contributed by atoms with Gasteiger partial charge in [0.2, 0.25) is 0 Å². The SMILES string of the molecule is CC1OCCN(C(N)=O)C1C(=O)O. The Bertz CT molecular complexity index is 231. The standard InChI is InChI=1S/C7H12N2O4/c1-4-5(6(10)11)9(7(8)12)2-3-13-4/h4-5H,2-3H2,1H3,(H2,8,12)(H,10,11). The number of hydrogen-bond donors (Lipinski definition) is 2. The highest BCUT2D eigenvalue weighted by Gasteiger charge is 2.36. The summed E-state index contributed by atoms with van der Waals surface area (Å²) in [5.74, 6) is -1.09. The summed E-state index contributed by atoms with van der Waals surface area (Å²) in [6, 6.07) is -1.69. The van der Waals surface area contributed by atoms with E-state index < -0.39 is 24.1 Å². The molecule has 6 heteroatoms. The van der Waals surface area contributed by atoms with Crippen molar-refractivity contribution in [3.8, 4) is 0 Å². The topological polar surface area (TPSA) is 92.9 Å². The van der Waals surface area contributed by atoms with Gasteiger partial charge in [0.1, 0.15) is 0 Å².